The van der Waals surface area contributed by atoms with Gasteiger partial charge in [0.15, 0.2) is 0 Å². The number of fused-ring (bicyclic) bond motifs is 1. The fourth-order valence-corrected chi connectivity index (χ4v) is 3.94. The Morgan fingerprint density at radius 1 is 1.13 bits per heavy atom. The van der Waals surface area contributed by atoms with E-state index in [0.717, 1.165) is 28.1 Å². The summed E-state index contributed by atoms with van der Waals surface area (Å²) in [4.78, 5) is 14.7. The summed E-state index contributed by atoms with van der Waals surface area (Å²) < 4.78 is 14.8. The quantitative estimate of drug-likeness (QED) is 0.510. The Balaban J connectivity index is 1.39. The number of carbonyl (C=O) groups excluding carboxylic acids is 1. The van der Waals surface area contributed by atoms with Crippen molar-refractivity contribution in [3.05, 3.63) is 72.3 Å². The highest BCUT2D eigenvalue weighted by molar-refractivity contribution is 5.92. The lowest BCUT2D eigenvalue weighted by atomic mass is 10.1. The first-order chi connectivity index (χ1) is 15.1. The van der Waals surface area contributed by atoms with Gasteiger partial charge < -0.3 is 18.9 Å². The molecule has 0 N–H and O–H groups in total. The van der Waals surface area contributed by atoms with E-state index in [0.29, 0.717) is 25.4 Å². The maximum Gasteiger partial charge on any atom is 0.270 e. The van der Waals surface area contributed by atoms with Crippen LogP contribution < -0.4 is 4.74 Å². The molecule has 1 aliphatic rings. The van der Waals surface area contributed by atoms with E-state index in [1.807, 2.05) is 77.4 Å². The minimum absolute atomic E-state index is 0.000865. The minimum atomic E-state index is -0.317. The minimum Gasteiger partial charge on any atom is -0.497 e. The van der Waals surface area contributed by atoms with Crippen molar-refractivity contribution in [2.24, 2.45) is 7.05 Å². The van der Waals surface area contributed by atoms with Crippen molar-refractivity contribution in [1.82, 2.24) is 24.3 Å². The maximum absolute atomic E-state index is 12.9. The van der Waals surface area contributed by atoms with Crippen LogP contribution in [0.5, 0.6) is 5.75 Å². The smallest absolute Gasteiger partial charge is 0.270 e. The van der Waals surface area contributed by atoms with Gasteiger partial charge in [0.25, 0.3) is 5.91 Å². The Morgan fingerprint density at radius 3 is 2.68 bits per heavy atom. The van der Waals surface area contributed by atoms with Crippen molar-refractivity contribution in [3.8, 4) is 16.9 Å². The van der Waals surface area contributed by atoms with Crippen LogP contribution in [0, 0.1) is 0 Å². The molecule has 1 aromatic carbocycles. The molecule has 1 fully saturated rings. The molecule has 0 saturated carbocycles. The first kappa shape index (κ1) is 19.3. The molecule has 158 valence electrons. The highest BCUT2D eigenvalue weighted by Crippen LogP contribution is 2.28. The van der Waals surface area contributed by atoms with Crippen LogP contribution in [0.4, 0.5) is 0 Å². The second kappa shape index (κ2) is 7.88. The van der Waals surface area contributed by atoms with Gasteiger partial charge in [0.2, 0.25) is 0 Å². The SMILES string of the molecule is COc1ccc(-c2ccc3c([C@H]4CN(C(=O)c5cccn5C)CCO4)nnn3c2)cc1. The molecule has 3 aromatic heterocycles. The molecule has 8 heteroatoms. The molecule has 0 unspecified atom stereocenters. The Hall–Kier alpha value is -3.65. The largest absolute Gasteiger partial charge is 0.497 e. The predicted octanol–water partition coefficient (Wildman–Crippen LogP) is 2.96. The van der Waals surface area contributed by atoms with Crippen LogP contribution in [-0.2, 0) is 11.8 Å². The Labute approximate surface area is 179 Å². The number of nitrogens with zero attached hydrogens (tertiary/aromatic N) is 5. The Kier molecular flexibility index (Phi) is 4.91. The van der Waals surface area contributed by atoms with Crippen LogP contribution in [0.15, 0.2) is 60.9 Å². The van der Waals surface area contributed by atoms with Crippen molar-refractivity contribution in [2.45, 2.75) is 6.10 Å². The maximum atomic E-state index is 12.9. The molecule has 1 saturated heterocycles. The summed E-state index contributed by atoms with van der Waals surface area (Å²) in [5.41, 5.74) is 4.36. The van der Waals surface area contributed by atoms with E-state index < -0.39 is 0 Å². The van der Waals surface area contributed by atoms with Crippen molar-refractivity contribution in [3.63, 3.8) is 0 Å². The summed E-state index contributed by atoms with van der Waals surface area (Å²) in [5.74, 6) is 0.816. The molecule has 1 atom stereocenters. The zero-order valence-electron chi connectivity index (χ0n) is 17.4. The van der Waals surface area contributed by atoms with E-state index in [2.05, 4.69) is 10.3 Å². The molecule has 1 aliphatic heterocycles. The summed E-state index contributed by atoms with van der Waals surface area (Å²) in [6.07, 6.45) is 3.50. The standard InChI is InChI=1S/C23H23N5O3/c1-26-11-3-4-20(26)23(29)27-12-13-31-21(15-27)22-19-10-7-17(14-28(19)25-24-22)16-5-8-18(30-2)9-6-16/h3-11,14,21H,12-13,15H2,1-2H3/t21-/m1/s1. The van der Waals surface area contributed by atoms with Gasteiger partial charge in [-0.1, -0.05) is 23.4 Å². The molecule has 31 heavy (non-hydrogen) atoms. The Morgan fingerprint density at radius 2 is 1.94 bits per heavy atom. The molecular weight excluding hydrogens is 394 g/mol. The van der Waals surface area contributed by atoms with Gasteiger partial charge in [-0.25, -0.2) is 4.52 Å². The van der Waals surface area contributed by atoms with E-state index in [1.165, 1.54) is 0 Å². The number of aryl methyl sites for hydroxylation is 1. The fraction of sp³-hybridized carbons (Fsp3) is 0.261. The van der Waals surface area contributed by atoms with Crippen molar-refractivity contribution in [2.75, 3.05) is 26.8 Å². The van der Waals surface area contributed by atoms with Gasteiger partial charge in [0.1, 0.15) is 23.2 Å². The molecule has 0 spiro atoms. The highest BCUT2D eigenvalue weighted by atomic mass is 16.5. The van der Waals surface area contributed by atoms with E-state index in [1.54, 1.807) is 11.6 Å². The van der Waals surface area contributed by atoms with E-state index in [-0.39, 0.29) is 12.0 Å². The molecule has 0 radical (unpaired) electrons. The summed E-state index contributed by atoms with van der Waals surface area (Å²) in [6.45, 7) is 1.46. The number of morpholine rings is 1. The van der Waals surface area contributed by atoms with E-state index in [4.69, 9.17) is 9.47 Å². The number of carbonyl (C=O) groups is 1. The lowest BCUT2D eigenvalue weighted by Crippen LogP contribution is -2.43. The van der Waals surface area contributed by atoms with Gasteiger partial charge in [0, 0.05) is 31.5 Å². The molecule has 0 bridgehead atoms. The van der Waals surface area contributed by atoms with Crippen molar-refractivity contribution >= 4 is 11.4 Å². The topological polar surface area (TPSA) is 73.9 Å². The number of benzene rings is 1. The van der Waals surface area contributed by atoms with Crippen molar-refractivity contribution in [1.29, 1.82) is 0 Å². The van der Waals surface area contributed by atoms with Gasteiger partial charge >= 0.3 is 0 Å². The first-order valence-electron chi connectivity index (χ1n) is 10.2. The average molecular weight is 417 g/mol. The summed E-state index contributed by atoms with van der Waals surface area (Å²) >= 11 is 0. The molecule has 0 aliphatic carbocycles. The number of hydrogen-bond acceptors (Lipinski definition) is 5. The van der Waals surface area contributed by atoms with Crippen LogP contribution >= 0.6 is 0 Å². The highest BCUT2D eigenvalue weighted by Gasteiger charge is 2.30. The lowest BCUT2D eigenvalue weighted by molar-refractivity contribution is -0.0244. The van der Waals surface area contributed by atoms with Gasteiger partial charge in [-0.05, 0) is 35.9 Å². The van der Waals surface area contributed by atoms with Crippen LogP contribution in [0.2, 0.25) is 0 Å². The average Bonchev–Trinajstić information content (AvgIpc) is 3.44. The molecule has 4 aromatic rings. The number of methoxy groups -OCH3 is 1. The van der Waals surface area contributed by atoms with Crippen LogP contribution in [0.25, 0.3) is 16.6 Å². The van der Waals surface area contributed by atoms with Crippen LogP contribution in [0.1, 0.15) is 22.3 Å². The zero-order valence-corrected chi connectivity index (χ0v) is 17.4. The Bertz CT molecular complexity index is 1230. The predicted molar refractivity (Wildman–Crippen MR) is 115 cm³/mol. The first-order valence-corrected chi connectivity index (χ1v) is 10.2. The third kappa shape index (κ3) is 3.55. The normalized spacial score (nSPS) is 16.6. The van der Waals surface area contributed by atoms with Crippen LogP contribution in [0.3, 0.4) is 0 Å². The molecule has 8 nitrogen and oxygen atoms in total. The number of pyridine rings is 1. The summed E-state index contributed by atoms with van der Waals surface area (Å²) in [5, 5.41) is 8.68. The lowest BCUT2D eigenvalue weighted by Gasteiger charge is -2.32. The number of rotatable bonds is 4. The number of aromatic nitrogens is 4. The summed E-state index contributed by atoms with van der Waals surface area (Å²) in [6, 6.07) is 15.6. The van der Waals surface area contributed by atoms with Gasteiger partial charge in [-0.15, -0.1) is 5.10 Å². The van der Waals surface area contributed by atoms with Gasteiger partial charge in [-0.3, -0.25) is 4.79 Å². The van der Waals surface area contributed by atoms with Crippen LogP contribution in [-0.4, -0.2) is 57.0 Å². The second-order valence-corrected chi connectivity index (χ2v) is 7.57. The van der Waals surface area contributed by atoms with E-state index >= 15 is 0 Å². The third-order valence-corrected chi connectivity index (χ3v) is 5.69. The monoisotopic (exact) mass is 417 g/mol. The molecule has 4 heterocycles. The zero-order chi connectivity index (χ0) is 21.4. The fourth-order valence-electron chi connectivity index (χ4n) is 3.94. The third-order valence-electron chi connectivity index (χ3n) is 5.69. The number of ether oxygens (including phenoxy) is 2. The van der Waals surface area contributed by atoms with E-state index in [9.17, 15) is 4.79 Å². The second-order valence-electron chi connectivity index (χ2n) is 7.57. The van der Waals surface area contributed by atoms with Gasteiger partial charge in [-0.2, -0.15) is 0 Å². The molecule has 5 rings (SSSR count). The van der Waals surface area contributed by atoms with Gasteiger partial charge in [0.05, 0.1) is 25.8 Å². The number of hydrogen-bond donors (Lipinski definition) is 0. The molecule has 1 amide bonds. The van der Waals surface area contributed by atoms with Crippen molar-refractivity contribution < 1.29 is 14.3 Å². The number of amides is 1. The molecular formula is C23H23N5O3. The summed E-state index contributed by atoms with van der Waals surface area (Å²) in [7, 11) is 3.53.